The van der Waals surface area contributed by atoms with Crippen molar-refractivity contribution in [3.8, 4) is 11.5 Å². The molecule has 136 valence electrons. The summed E-state index contributed by atoms with van der Waals surface area (Å²) in [5.74, 6) is -1.01. The van der Waals surface area contributed by atoms with Crippen LogP contribution in [-0.4, -0.2) is 27.0 Å². The first-order valence-electron chi connectivity index (χ1n) is 6.25. The first-order valence-corrected chi connectivity index (χ1v) is 8.78. The number of nitro groups is 2. The number of nitro benzene ring substituents is 2. The third-order valence-electron chi connectivity index (χ3n) is 2.49. The molecule has 0 unspecified atom stereocenters. The van der Waals surface area contributed by atoms with Crippen molar-refractivity contribution in [2.75, 3.05) is 12.0 Å². The van der Waals surface area contributed by atoms with Crippen molar-refractivity contribution in [1.82, 2.24) is 0 Å². The van der Waals surface area contributed by atoms with Crippen molar-refractivity contribution >= 4 is 45.6 Å². The fourth-order valence-corrected chi connectivity index (χ4v) is 1.49. The van der Waals surface area contributed by atoms with Gasteiger partial charge in [-0.1, -0.05) is 34.2 Å². The Kier molecular flexibility index (Phi) is 10.4. The van der Waals surface area contributed by atoms with Gasteiger partial charge in [-0.05, 0) is 17.1 Å². The lowest BCUT2D eigenvalue weighted by atomic mass is 10.3. The third-order valence-corrected chi connectivity index (χ3v) is 2.81. The van der Waals surface area contributed by atoms with Gasteiger partial charge in [-0.2, -0.15) is 0 Å². The van der Waals surface area contributed by atoms with Crippen LogP contribution in [0.4, 0.5) is 15.8 Å². The summed E-state index contributed by atoms with van der Waals surface area (Å²) >= 11 is 7.56. The highest BCUT2D eigenvalue weighted by molar-refractivity contribution is 14.1. The molecule has 0 atom stereocenters. The normalized spacial score (nSPS) is 9.00. The van der Waals surface area contributed by atoms with E-state index >= 15 is 0 Å². The minimum Gasteiger partial charge on any atom is -0.506 e. The number of hydrogen-bond acceptors (Lipinski definition) is 6. The highest BCUT2D eigenvalue weighted by atomic mass is 127. The lowest BCUT2D eigenvalue weighted by Crippen LogP contribution is -1.92. The summed E-state index contributed by atoms with van der Waals surface area (Å²) in [6.07, 6.45) is 0. The molecular weight excluding hydrogens is 474 g/mol. The second-order valence-electron chi connectivity index (χ2n) is 3.97. The Morgan fingerprint density at radius 1 is 1.08 bits per heavy atom. The quantitative estimate of drug-likeness (QED) is 0.290. The van der Waals surface area contributed by atoms with Gasteiger partial charge in [0.15, 0.2) is 11.6 Å². The van der Waals surface area contributed by atoms with E-state index in [1.165, 1.54) is 19.2 Å². The summed E-state index contributed by atoms with van der Waals surface area (Å²) in [7, 11) is 1.25. The first kappa shape index (κ1) is 22.8. The zero-order chi connectivity index (χ0) is 19.6. The average molecular weight is 487 g/mol. The molecule has 0 bridgehead atoms. The van der Waals surface area contributed by atoms with Crippen LogP contribution in [0.2, 0.25) is 5.02 Å². The van der Waals surface area contributed by atoms with Crippen LogP contribution >= 0.6 is 34.2 Å². The van der Waals surface area contributed by atoms with Crippen LogP contribution in [0.15, 0.2) is 36.4 Å². The molecule has 0 radical (unpaired) electrons. The summed E-state index contributed by atoms with van der Waals surface area (Å²) in [5.41, 5.74) is -0.361. The fourth-order valence-electron chi connectivity index (χ4n) is 1.38. The van der Waals surface area contributed by atoms with Gasteiger partial charge in [-0.3, -0.25) is 20.2 Å². The number of halogens is 3. The molecule has 2 rings (SSSR count). The number of alkyl halides is 1. The molecule has 8 nitrogen and oxygen atoms in total. The molecule has 0 aliphatic heterocycles. The van der Waals surface area contributed by atoms with Crippen LogP contribution in [-0.2, 0) is 0 Å². The van der Waals surface area contributed by atoms with E-state index in [2.05, 4.69) is 27.3 Å². The van der Waals surface area contributed by atoms with E-state index in [1.54, 1.807) is 0 Å². The topological polar surface area (TPSA) is 116 Å². The van der Waals surface area contributed by atoms with Crippen LogP contribution in [0.5, 0.6) is 11.5 Å². The molecule has 11 heteroatoms. The zero-order valence-electron chi connectivity index (χ0n) is 13.0. The Hall–Kier alpha value is -2.21. The van der Waals surface area contributed by atoms with Gasteiger partial charge in [0.05, 0.1) is 34.1 Å². The Labute approximate surface area is 160 Å². The maximum absolute atomic E-state index is 12.7. The number of ether oxygens (including phenoxy) is 1. The number of nitrogens with zero attached hydrogens (tertiary/aromatic N) is 2. The minimum absolute atomic E-state index is 0.107. The first-order chi connectivity index (χ1) is 11.8. The smallest absolute Gasteiger partial charge is 0.273 e. The molecule has 0 aliphatic rings. The van der Waals surface area contributed by atoms with E-state index in [1.807, 2.05) is 4.93 Å². The van der Waals surface area contributed by atoms with Gasteiger partial charge in [-0.15, -0.1) is 0 Å². The van der Waals surface area contributed by atoms with E-state index in [-0.39, 0.29) is 27.9 Å². The van der Waals surface area contributed by atoms with Gasteiger partial charge in [0, 0.05) is 12.1 Å². The van der Waals surface area contributed by atoms with Crippen molar-refractivity contribution in [3.63, 3.8) is 0 Å². The molecule has 2 aromatic rings. The van der Waals surface area contributed by atoms with E-state index in [9.17, 15) is 24.6 Å². The Bertz CT molecular complexity index is 747. The van der Waals surface area contributed by atoms with Crippen molar-refractivity contribution < 1.29 is 24.1 Å². The van der Waals surface area contributed by atoms with Crippen LogP contribution in [0.1, 0.15) is 0 Å². The standard InChI is InChI=1S/C7H6FNO3.C6H4ClNO3.CH3I/c1-12-7-4-5(9(10)11)2-3-6(7)8;7-5-2-1-4(8(10)11)3-6(5)9;1-2/h2-4H,1H3;1-3,9H;1H3. The highest BCUT2D eigenvalue weighted by Gasteiger charge is 2.10. The molecule has 25 heavy (non-hydrogen) atoms. The number of phenolic OH excluding ortho intramolecular Hbond substituents is 1. The number of hydrogen-bond donors (Lipinski definition) is 1. The summed E-state index contributed by atoms with van der Waals surface area (Å²) < 4.78 is 17.2. The molecule has 0 amide bonds. The number of phenols is 1. The van der Waals surface area contributed by atoms with E-state index in [0.29, 0.717) is 0 Å². The molecule has 0 spiro atoms. The van der Waals surface area contributed by atoms with E-state index < -0.39 is 15.7 Å². The number of aromatic hydroxyl groups is 1. The van der Waals surface area contributed by atoms with Gasteiger partial charge < -0.3 is 9.84 Å². The van der Waals surface area contributed by atoms with Crippen LogP contribution in [0.25, 0.3) is 0 Å². The van der Waals surface area contributed by atoms with E-state index in [0.717, 1.165) is 24.3 Å². The van der Waals surface area contributed by atoms with Crippen LogP contribution in [0.3, 0.4) is 0 Å². The molecule has 1 N–H and O–H groups in total. The summed E-state index contributed by atoms with van der Waals surface area (Å²) in [4.78, 5) is 21.1. The Morgan fingerprint density at radius 3 is 2.00 bits per heavy atom. The Morgan fingerprint density at radius 2 is 1.56 bits per heavy atom. The summed E-state index contributed by atoms with van der Waals surface area (Å²) in [5, 5.41) is 29.3. The van der Waals surface area contributed by atoms with Crippen LogP contribution < -0.4 is 4.74 Å². The minimum atomic E-state index is -0.609. The van der Waals surface area contributed by atoms with Gasteiger partial charge in [0.2, 0.25) is 0 Å². The lowest BCUT2D eigenvalue weighted by Gasteiger charge is -1.99. The molecule has 0 fully saturated rings. The van der Waals surface area contributed by atoms with Gasteiger partial charge in [0.25, 0.3) is 11.4 Å². The van der Waals surface area contributed by atoms with Crippen LogP contribution in [0, 0.1) is 26.0 Å². The summed E-state index contributed by atoms with van der Waals surface area (Å²) in [6, 6.07) is 6.61. The highest BCUT2D eigenvalue weighted by Crippen LogP contribution is 2.27. The maximum Gasteiger partial charge on any atom is 0.273 e. The Balaban J connectivity index is 0.000000421. The SMILES string of the molecule is CI.COc1cc([N+](=O)[O-])ccc1F.O=[N+]([O-])c1ccc(Cl)c(O)c1. The molecular formula is C14H13ClFIN2O6. The van der Waals surface area contributed by atoms with E-state index in [4.69, 9.17) is 16.7 Å². The van der Waals surface area contributed by atoms with Gasteiger partial charge in [-0.25, -0.2) is 4.39 Å². The number of rotatable bonds is 3. The number of benzene rings is 2. The molecule has 0 heterocycles. The van der Waals surface area contributed by atoms with Gasteiger partial charge >= 0.3 is 0 Å². The maximum atomic E-state index is 12.7. The summed E-state index contributed by atoms with van der Waals surface area (Å²) in [6.45, 7) is 0. The molecule has 0 saturated carbocycles. The molecule has 0 aliphatic carbocycles. The van der Waals surface area contributed by atoms with Crippen molar-refractivity contribution in [2.24, 2.45) is 0 Å². The van der Waals surface area contributed by atoms with Crippen molar-refractivity contribution in [2.45, 2.75) is 0 Å². The predicted octanol–water partition coefficient (Wildman–Crippen LogP) is 4.75. The monoisotopic (exact) mass is 486 g/mol. The molecule has 2 aromatic carbocycles. The second-order valence-corrected chi connectivity index (χ2v) is 4.38. The molecule has 0 aromatic heterocycles. The lowest BCUT2D eigenvalue weighted by molar-refractivity contribution is -0.385. The number of methoxy groups -OCH3 is 1. The largest absolute Gasteiger partial charge is 0.506 e. The average Bonchev–Trinajstić information content (AvgIpc) is 2.59. The fraction of sp³-hybridized carbons (Fsp3) is 0.143. The number of non-ortho nitro benzene ring substituents is 2. The van der Waals surface area contributed by atoms with Gasteiger partial charge in [0.1, 0.15) is 5.75 Å². The zero-order valence-corrected chi connectivity index (χ0v) is 15.9. The second kappa shape index (κ2) is 11.4. The molecule has 0 saturated heterocycles. The van der Waals surface area contributed by atoms with Crippen molar-refractivity contribution in [3.05, 3.63) is 67.5 Å². The predicted molar refractivity (Wildman–Crippen MR) is 99.3 cm³/mol. The third kappa shape index (κ3) is 7.47. The van der Waals surface area contributed by atoms with Crippen molar-refractivity contribution in [1.29, 1.82) is 0 Å².